The average molecular weight is 150 g/mol. The highest BCUT2D eigenvalue weighted by Crippen LogP contribution is 2.20. The van der Waals surface area contributed by atoms with E-state index in [1.54, 1.807) is 12.7 Å². The van der Waals surface area contributed by atoms with Crippen molar-refractivity contribution < 1.29 is 4.74 Å². The van der Waals surface area contributed by atoms with Crippen LogP contribution in [0, 0.1) is 6.54 Å². The normalized spacial score (nSPS) is 22.1. The fourth-order valence-corrected chi connectivity index (χ4v) is 1.03. The van der Waals surface area contributed by atoms with Crippen molar-refractivity contribution in [3.63, 3.8) is 0 Å². The van der Waals surface area contributed by atoms with E-state index in [2.05, 4.69) is 9.98 Å². The Morgan fingerprint density at radius 1 is 1.64 bits per heavy atom. The SMILES string of the molecule is Cn1ccnc1C1[CH]N=CO1. The third-order valence-electron chi connectivity index (χ3n) is 1.60. The van der Waals surface area contributed by atoms with Gasteiger partial charge in [-0.25, -0.2) is 9.98 Å². The predicted octanol–water partition coefficient (Wildman–Crippen LogP) is 0.681. The maximum absolute atomic E-state index is 5.15. The number of aromatic nitrogens is 2. The first-order chi connectivity index (χ1) is 5.38. The summed E-state index contributed by atoms with van der Waals surface area (Å²) in [5, 5.41) is 0. The molecule has 0 amide bonds. The molecule has 0 spiro atoms. The van der Waals surface area contributed by atoms with E-state index >= 15 is 0 Å². The summed E-state index contributed by atoms with van der Waals surface area (Å²) < 4.78 is 7.06. The summed E-state index contributed by atoms with van der Waals surface area (Å²) in [5.74, 6) is 0.877. The molecule has 1 atom stereocenters. The summed E-state index contributed by atoms with van der Waals surface area (Å²) in [6.07, 6.45) is 4.95. The molecule has 0 aliphatic carbocycles. The summed E-state index contributed by atoms with van der Waals surface area (Å²) in [5.41, 5.74) is 0. The molecule has 4 heteroatoms. The molecule has 2 rings (SSSR count). The fourth-order valence-electron chi connectivity index (χ4n) is 1.03. The molecule has 11 heavy (non-hydrogen) atoms. The molecule has 1 radical (unpaired) electrons. The van der Waals surface area contributed by atoms with Gasteiger partial charge in [-0.2, -0.15) is 0 Å². The second-order valence-electron chi connectivity index (χ2n) is 2.36. The zero-order chi connectivity index (χ0) is 7.68. The van der Waals surface area contributed by atoms with Gasteiger partial charge in [0.05, 0.1) is 0 Å². The quantitative estimate of drug-likeness (QED) is 0.590. The van der Waals surface area contributed by atoms with E-state index in [4.69, 9.17) is 4.74 Å². The number of ether oxygens (including phenoxy) is 1. The van der Waals surface area contributed by atoms with Gasteiger partial charge in [-0.05, 0) is 0 Å². The van der Waals surface area contributed by atoms with Crippen LogP contribution in [-0.4, -0.2) is 16.0 Å². The molecule has 0 aromatic carbocycles. The molecule has 4 nitrogen and oxygen atoms in total. The number of aryl methyl sites for hydroxylation is 1. The van der Waals surface area contributed by atoms with Gasteiger partial charge in [0.15, 0.2) is 18.3 Å². The minimum absolute atomic E-state index is 0.102. The van der Waals surface area contributed by atoms with Gasteiger partial charge in [-0.1, -0.05) is 0 Å². The number of nitrogens with zero attached hydrogens (tertiary/aromatic N) is 3. The largest absolute Gasteiger partial charge is 0.470 e. The molecule has 0 saturated heterocycles. The molecule has 1 aromatic heterocycles. The van der Waals surface area contributed by atoms with Crippen LogP contribution in [0.5, 0.6) is 0 Å². The van der Waals surface area contributed by atoms with Crippen LogP contribution in [0.1, 0.15) is 11.9 Å². The topological polar surface area (TPSA) is 39.4 Å². The van der Waals surface area contributed by atoms with E-state index in [1.807, 2.05) is 17.8 Å². The summed E-state index contributed by atoms with van der Waals surface area (Å²) in [6, 6.07) is 0. The van der Waals surface area contributed by atoms with Crippen molar-refractivity contribution in [3.05, 3.63) is 24.8 Å². The average Bonchev–Trinajstić information content (AvgIpc) is 2.55. The maximum Gasteiger partial charge on any atom is 0.182 e. The molecule has 2 heterocycles. The Balaban J connectivity index is 2.22. The van der Waals surface area contributed by atoms with Crippen LogP contribution in [0.2, 0.25) is 0 Å². The maximum atomic E-state index is 5.15. The third kappa shape index (κ3) is 1.00. The molecule has 0 bridgehead atoms. The second-order valence-corrected chi connectivity index (χ2v) is 2.36. The van der Waals surface area contributed by atoms with Crippen LogP contribution in [0.4, 0.5) is 0 Å². The Kier molecular flexibility index (Phi) is 1.38. The lowest BCUT2D eigenvalue weighted by atomic mass is 10.3. The second kappa shape index (κ2) is 2.38. The molecule has 1 aliphatic rings. The van der Waals surface area contributed by atoms with Gasteiger partial charge in [-0.15, -0.1) is 0 Å². The monoisotopic (exact) mass is 150 g/mol. The highest BCUT2D eigenvalue weighted by atomic mass is 16.5. The van der Waals surface area contributed by atoms with E-state index in [0.717, 1.165) is 5.82 Å². The Bertz CT molecular complexity index is 271. The van der Waals surface area contributed by atoms with E-state index in [0.29, 0.717) is 0 Å². The first-order valence-corrected chi connectivity index (χ1v) is 3.35. The standard InChI is InChI=1S/C7H8N3O/c1-10-3-2-9-7(10)6-4-8-5-11-6/h2-6H,1H3. The van der Waals surface area contributed by atoms with Crippen molar-refractivity contribution in [3.8, 4) is 0 Å². The van der Waals surface area contributed by atoms with Gasteiger partial charge >= 0.3 is 0 Å². The first-order valence-electron chi connectivity index (χ1n) is 3.35. The molecular formula is C7H8N3O. The molecule has 1 aliphatic heterocycles. The molecule has 0 N–H and O–H groups in total. The minimum Gasteiger partial charge on any atom is -0.470 e. The molecule has 0 saturated carbocycles. The molecule has 1 aromatic rings. The van der Waals surface area contributed by atoms with Gasteiger partial charge in [0.25, 0.3) is 0 Å². The molecule has 1 unspecified atom stereocenters. The lowest BCUT2D eigenvalue weighted by Gasteiger charge is -2.06. The van der Waals surface area contributed by atoms with Crippen LogP contribution in [-0.2, 0) is 11.8 Å². The van der Waals surface area contributed by atoms with Crippen molar-refractivity contribution in [1.82, 2.24) is 9.55 Å². The van der Waals surface area contributed by atoms with Crippen LogP contribution >= 0.6 is 0 Å². The third-order valence-corrected chi connectivity index (χ3v) is 1.60. The van der Waals surface area contributed by atoms with Crippen molar-refractivity contribution in [1.29, 1.82) is 0 Å². The van der Waals surface area contributed by atoms with Crippen LogP contribution < -0.4 is 0 Å². The van der Waals surface area contributed by atoms with Crippen LogP contribution in [0.25, 0.3) is 0 Å². The molecule has 0 fully saturated rings. The molecule has 57 valence electrons. The van der Waals surface area contributed by atoms with E-state index < -0.39 is 0 Å². The number of imidazole rings is 1. The Morgan fingerprint density at radius 3 is 3.09 bits per heavy atom. The lowest BCUT2D eigenvalue weighted by molar-refractivity contribution is 0.244. The Morgan fingerprint density at radius 2 is 2.55 bits per heavy atom. The summed E-state index contributed by atoms with van der Waals surface area (Å²) in [6.45, 7) is 1.72. The summed E-state index contributed by atoms with van der Waals surface area (Å²) >= 11 is 0. The zero-order valence-electron chi connectivity index (χ0n) is 6.14. The van der Waals surface area contributed by atoms with E-state index in [9.17, 15) is 0 Å². The highest BCUT2D eigenvalue weighted by Gasteiger charge is 2.19. The van der Waals surface area contributed by atoms with Crippen LogP contribution in [0.15, 0.2) is 17.4 Å². The summed E-state index contributed by atoms with van der Waals surface area (Å²) in [7, 11) is 1.93. The van der Waals surface area contributed by atoms with Gasteiger partial charge in [-0.3, -0.25) is 0 Å². The minimum atomic E-state index is -0.102. The number of hydrogen-bond donors (Lipinski definition) is 0. The van der Waals surface area contributed by atoms with Gasteiger partial charge in [0.1, 0.15) is 6.54 Å². The van der Waals surface area contributed by atoms with E-state index in [1.165, 1.54) is 6.40 Å². The first kappa shape index (κ1) is 6.39. The number of aliphatic imine (C=N–C) groups is 1. The van der Waals surface area contributed by atoms with Crippen molar-refractivity contribution in [2.24, 2.45) is 12.0 Å². The predicted molar refractivity (Wildman–Crippen MR) is 39.8 cm³/mol. The van der Waals surface area contributed by atoms with Crippen molar-refractivity contribution in [2.75, 3.05) is 0 Å². The van der Waals surface area contributed by atoms with Crippen molar-refractivity contribution >= 4 is 6.40 Å². The molecular weight excluding hydrogens is 142 g/mol. The van der Waals surface area contributed by atoms with E-state index in [-0.39, 0.29) is 6.10 Å². The van der Waals surface area contributed by atoms with Gasteiger partial charge in [0, 0.05) is 19.4 Å². The number of rotatable bonds is 1. The highest BCUT2D eigenvalue weighted by molar-refractivity contribution is 5.50. The lowest BCUT2D eigenvalue weighted by Crippen LogP contribution is -2.04. The smallest absolute Gasteiger partial charge is 0.182 e. The fraction of sp³-hybridized carbons (Fsp3) is 0.286. The summed E-state index contributed by atoms with van der Waals surface area (Å²) in [4.78, 5) is 7.96. The Labute approximate surface area is 64.5 Å². The van der Waals surface area contributed by atoms with Gasteiger partial charge < -0.3 is 9.30 Å². The zero-order valence-corrected chi connectivity index (χ0v) is 6.14. The Hall–Kier alpha value is -1.32. The number of hydrogen-bond acceptors (Lipinski definition) is 3. The van der Waals surface area contributed by atoms with Crippen molar-refractivity contribution in [2.45, 2.75) is 6.10 Å². The van der Waals surface area contributed by atoms with Crippen LogP contribution in [0.3, 0.4) is 0 Å². The van der Waals surface area contributed by atoms with Gasteiger partial charge in [0.2, 0.25) is 0 Å².